The molecule has 83 heavy (non-hydrogen) atoms. The van der Waals surface area contributed by atoms with E-state index in [1.165, 1.54) is 167 Å². The molecule has 1 amide bonds. The summed E-state index contributed by atoms with van der Waals surface area (Å²) >= 11 is 0. The first-order valence-electron chi connectivity index (χ1n) is 34.4. The number of carbonyl (C=O) groups is 2. The van der Waals surface area contributed by atoms with Crippen LogP contribution in [0.4, 0.5) is 0 Å². The molecule has 8 unspecified atom stereocenters. The van der Waals surface area contributed by atoms with Crippen molar-refractivity contribution in [1.82, 2.24) is 5.32 Å². The molecular formula is C72H127NO10. The predicted molar refractivity (Wildman–Crippen MR) is 347 cm³/mol. The molecule has 0 spiro atoms. The monoisotopic (exact) mass is 1170 g/mol. The standard InChI is InChI=1S/C72H127NO10/c1-4-7-10-13-16-19-22-24-26-28-30-31-32-33-34-36-37-39-41-44-47-50-53-56-59-65(76)71(80)73-63(64(75)58-55-52-49-46-43-21-18-15-12-9-6-3)62-81-72-70(69(79)68(78)66(61-74)82-72)83-67(77)60-57-54-51-48-45-42-40-38-35-29-27-25-23-20-17-14-11-8-5-2/h8,11,17,20,25,27,35,38,42,45,51,54-55,58,63-66,68-70,72,74-76,78-79H,4-7,9-10,12-16,18-19,21-24,26,28-34,36-37,39-41,43-44,46-50,52-53,56-57,59-62H2,1-3H3,(H,73,80)/b11-8-,20-17-,27-25-,38-35-,45-42-,54-51-,58-55+. The molecule has 1 rings (SSSR count). The van der Waals surface area contributed by atoms with Gasteiger partial charge >= 0.3 is 5.97 Å². The number of rotatable bonds is 58. The third-order valence-electron chi connectivity index (χ3n) is 15.8. The zero-order chi connectivity index (χ0) is 60.3. The number of esters is 1. The third kappa shape index (κ3) is 46.7. The number of hydrogen-bond donors (Lipinski definition) is 6. The maximum Gasteiger partial charge on any atom is 0.306 e. The van der Waals surface area contributed by atoms with Gasteiger partial charge in [-0.3, -0.25) is 9.59 Å². The van der Waals surface area contributed by atoms with Gasteiger partial charge in [0.25, 0.3) is 0 Å². The summed E-state index contributed by atoms with van der Waals surface area (Å²) in [4.78, 5) is 26.6. The Balaban J connectivity index is 2.61. The van der Waals surface area contributed by atoms with E-state index in [1.807, 2.05) is 18.2 Å². The van der Waals surface area contributed by atoms with Crippen LogP contribution >= 0.6 is 0 Å². The zero-order valence-corrected chi connectivity index (χ0v) is 53.3. The van der Waals surface area contributed by atoms with E-state index in [0.29, 0.717) is 19.3 Å². The van der Waals surface area contributed by atoms with Gasteiger partial charge in [0.1, 0.15) is 24.4 Å². The van der Waals surface area contributed by atoms with E-state index in [2.05, 4.69) is 86.8 Å². The largest absolute Gasteiger partial charge is 0.454 e. The Morgan fingerprint density at radius 3 is 1.28 bits per heavy atom. The van der Waals surface area contributed by atoms with Gasteiger partial charge in [0.2, 0.25) is 5.91 Å². The minimum absolute atomic E-state index is 0.00367. The van der Waals surface area contributed by atoms with Gasteiger partial charge in [-0.25, -0.2) is 0 Å². The fourth-order valence-electron chi connectivity index (χ4n) is 10.4. The summed E-state index contributed by atoms with van der Waals surface area (Å²) in [6.07, 6.45) is 67.9. The molecule has 0 aliphatic carbocycles. The van der Waals surface area contributed by atoms with E-state index in [1.54, 1.807) is 6.08 Å². The zero-order valence-electron chi connectivity index (χ0n) is 53.3. The van der Waals surface area contributed by atoms with E-state index >= 15 is 0 Å². The summed E-state index contributed by atoms with van der Waals surface area (Å²) in [7, 11) is 0. The van der Waals surface area contributed by atoms with Crippen molar-refractivity contribution < 1.29 is 49.3 Å². The normalized spacial score (nSPS) is 19.1. The van der Waals surface area contributed by atoms with Crippen LogP contribution in [0.25, 0.3) is 0 Å². The van der Waals surface area contributed by atoms with Gasteiger partial charge in [-0.15, -0.1) is 0 Å². The molecule has 0 bridgehead atoms. The molecule has 1 aliphatic heterocycles. The van der Waals surface area contributed by atoms with Gasteiger partial charge in [0, 0.05) is 6.42 Å². The molecule has 0 aromatic rings. The Morgan fingerprint density at radius 2 is 0.867 bits per heavy atom. The number of nitrogens with one attached hydrogen (secondary N) is 1. The number of unbranched alkanes of at least 4 members (excludes halogenated alkanes) is 32. The van der Waals surface area contributed by atoms with Crippen LogP contribution in [0.3, 0.4) is 0 Å². The maximum atomic E-state index is 13.5. The quantitative estimate of drug-likeness (QED) is 0.0195. The highest BCUT2D eigenvalue weighted by Crippen LogP contribution is 2.26. The fourth-order valence-corrected chi connectivity index (χ4v) is 10.4. The molecule has 0 radical (unpaired) electrons. The van der Waals surface area contributed by atoms with Crippen molar-refractivity contribution >= 4 is 11.9 Å². The molecule has 1 aliphatic rings. The topological polar surface area (TPSA) is 175 Å². The van der Waals surface area contributed by atoms with Gasteiger partial charge in [-0.2, -0.15) is 0 Å². The van der Waals surface area contributed by atoms with Crippen molar-refractivity contribution in [2.45, 2.75) is 346 Å². The fraction of sp³-hybridized carbons (Fsp3) is 0.778. The number of carbonyl (C=O) groups excluding carboxylic acids is 2. The summed E-state index contributed by atoms with van der Waals surface area (Å²) < 4.78 is 17.6. The van der Waals surface area contributed by atoms with Gasteiger partial charge in [0.15, 0.2) is 12.4 Å². The van der Waals surface area contributed by atoms with E-state index in [4.69, 9.17) is 14.2 Å². The average molecular weight is 1170 g/mol. The van der Waals surface area contributed by atoms with Crippen LogP contribution in [0.2, 0.25) is 0 Å². The number of hydrogen-bond acceptors (Lipinski definition) is 10. The van der Waals surface area contributed by atoms with Crippen LogP contribution < -0.4 is 5.32 Å². The Kier molecular flexibility index (Phi) is 55.5. The number of aliphatic hydroxyl groups is 5. The summed E-state index contributed by atoms with van der Waals surface area (Å²) in [6.45, 7) is 5.66. The summed E-state index contributed by atoms with van der Waals surface area (Å²) in [6, 6.07) is -1.04. The van der Waals surface area contributed by atoms with Gasteiger partial charge in [-0.1, -0.05) is 311 Å². The third-order valence-corrected chi connectivity index (χ3v) is 15.8. The lowest BCUT2D eigenvalue weighted by molar-refractivity contribution is -0.305. The maximum absolute atomic E-state index is 13.5. The highest BCUT2D eigenvalue weighted by molar-refractivity contribution is 5.80. The Bertz CT molecular complexity index is 1670. The van der Waals surface area contributed by atoms with E-state index in [-0.39, 0.29) is 19.4 Å². The van der Waals surface area contributed by atoms with Crippen molar-refractivity contribution in [3.8, 4) is 0 Å². The molecule has 0 saturated carbocycles. The second-order valence-electron chi connectivity index (χ2n) is 23.5. The van der Waals surface area contributed by atoms with E-state index in [0.717, 1.165) is 77.0 Å². The van der Waals surface area contributed by atoms with Crippen LogP contribution in [-0.4, -0.2) is 99.6 Å². The molecule has 6 N–H and O–H groups in total. The molecule has 0 aromatic carbocycles. The Morgan fingerprint density at radius 1 is 0.482 bits per heavy atom. The SMILES string of the molecule is CC/C=C\C/C=C\C/C=C\C/C=C\C/C=C\C/C=C\CCC(=O)OC1C(OCC(NC(=O)C(O)CCCCCCCCCCCCCCCCCCCCCCCCCC)C(O)/C=C/CCCCCCCCCCC)OC(CO)C(O)C1O. The number of aliphatic hydroxyl groups excluding tert-OH is 5. The first-order valence-corrected chi connectivity index (χ1v) is 34.4. The second kappa shape index (κ2) is 59.2. The Hall–Kier alpha value is -3.16. The minimum atomic E-state index is -1.65. The van der Waals surface area contributed by atoms with Crippen molar-refractivity contribution in [2.24, 2.45) is 0 Å². The van der Waals surface area contributed by atoms with Crippen molar-refractivity contribution in [3.05, 3.63) is 85.1 Å². The summed E-state index contributed by atoms with van der Waals surface area (Å²) in [5.74, 6) is -1.28. The average Bonchev–Trinajstić information content (AvgIpc) is 3.69. The first kappa shape index (κ1) is 77.9. The van der Waals surface area contributed by atoms with Crippen LogP contribution in [0.1, 0.15) is 297 Å². The molecule has 8 atom stereocenters. The smallest absolute Gasteiger partial charge is 0.306 e. The van der Waals surface area contributed by atoms with Gasteiger partial charge in [-0.05, 0) is 64.2 Å². The van der Waals surface area contributed by atoms with E-state index < -0.39 is 67.4 Å². The van der Waals surface area contributed by atoms with Crippen molar-refractivity contribution in [1.29, 1.82) is 0 Å². The lowest BCUT2D eigenvalue weighted by Crippen LogP contribution is -2.61. The number of ether oxygens (including phenoxy) is 3. The summed E-state index contributed by atoms with van der Waals surface area (Å²) in [5.41, 5.74) is 0. The van der Waals surface area contributed by atoms with Gasteiger partial charge in [0.05, 0.1) is 25.4 Å². The molecule has 1 saturated heterocycles. The van der Waals surface area contributed by atoms with Crippen molar-refractivity contribution in [2.75, 3.05) is 13.2 Å². The molecule has 480 valence electrons. The number of allylic oxidation sites excluding steroid dienone is 13. The predicted octanol–water partition coefficient (Wildman–Crippen LogP) is 17.3. The van der Waals surface area contributed by atoms with E-state index in [9.17, 15) is 35.1 Å². The molecule has 0 aromatic heterocycles. The minimum Gasteiger partial charge on any atom is -0.454 e. The highest BCUT2D eigenvalue weighted by Gasteiger charge is 2.47. The lowest BCUT2D eigenvalue weighted by atomic mass is 9.99. The van der Waals surface area contributed by atoms with Gasteiger partial charge < -0.3 is 45.1 Å². The van der Waals surface area contributed by atoms with Crippen LogP contribution in [0.5, 0.6) is 0 Å². The summed E-state index contributed by atoms with van der Waals surface area (Å²) in [5, 5.41) is 57.1. The molecular weight excluding hydrogens is 1040 g/mol. The molecule has 1 heterocycles. The lowest BCUT2D eigenvalue weighted by Gasteiger charge is -2.41. The van der Waals surface area contributed by atoms with Crippen LogP contribution in [0, 0.1) is 0 Å². The van der Waals surface area contributed by atoms with Crippen molar-refractivity contribution in [3.63, 3.8) is 0 Å². The first-order chi connectivity index (χ1) is 40.7. The molecule has 1 fully saturated rings. The second-order valence-corrected chi connectivity index (χ2v) is 23.5. The van der Waals surface area contributed by atoms with Crippen LogP contribution in [-0.2, 0) is 23.8 Å². The molecule has 11 nitrogen and oxygen atoms in total. The number of amides is 1. The van der Waals surface area contributed by atoms with Crippen LogP contribution in [0.15, 0.2) is 85.1 Å². The molecule has 11 heteroatoms. The highest BCUT2D eigenvalue weighted by atomic mass is 16.7. The Labute approximate surface area is 508 Å².